The highest BCUT2D eigenvalue weighted by Crippen LogP contribution is 2.14. The van der Waals surface area contributed by atoms with Crippen LogP contribution in [0.1, 0.15) is 5.56 Å². The van der Waals surface area contributed by atoms with E-state index in [9.17, 15) is 5.11 Å². The molecule has 2 aromatic carbocycles. The van der Waals surface area contributed by atoms with Crippen LogP contribution in [0.15, 0.2) is 53.6 Å². The van der Waals surface area contributed by atoms with Crippen LogP contribution in [0.5, 0.6) is 5.75 Å². The molecule has 2 aromatic rings. The van der Waals surface area contributed by atoms with Crippen LogP contribution in [0.3, 0.4) is 0 Å². The van der Waals surface area contributed by atoms with Gasteiger partial charge in [-0.05, 0) is 36.4 Å². The van der Waals surface area contributed by atoms with Crippen molar-refractivity contribution in [3.63, 3.8) is 0 Å². The standard InChI is InChI=1S/C13H11ClN2O.ClH/c14-11-5-7-12(8-6-11)16-15-9-10-3-1-2-4-13(10)17;/h1-9,16-17H;1H/b15-9+;. The summed E-state index contributed by atoms with van der Waals surface area (Å²) in [5.74, 6) is 0.203. The Labute approximate surface area is 117 Å². The van der Waals surface area contributed by atoms with E-state index in [-0.39, 0.29) is 18.2 Å². The highest BCUT2D eigenvalue weighted by Gasteiger charge is 1.94. The van der Waals surface area contributed by atoms with Gasteiger partial charge in [-0.25, -0.2) is 0 Å². The molecule has 94 valence electrons. The quantitative estimate of drug-likeness (QED) is 0.662. The molecular weight excluding hydrogens is 271 g/mol. The third-order valence-corrected chi connectivity index (χ3v) is 2.43. The van der Waals surface area contributed by atoms with Gasteiger partial charge in [-0.3, -0.25) is 5.43 Å². The van der Waals surface area contributed by atoms with Crippen LogP contribution in [-0.2, 0) is 0 Å². The predicted octanol–water partition coefficient (Wildman–Crippen LogP) is 3.91. The Morgan fingerprint density at radius 3 is 2.39 bits per heavy atom. The Balaban J connectivity index is 0.00000162. The van der Waals surface area contributed by atoms with Crippen LogP contribution in [0.4, 0.5) is 5.69 Å². The highest BCUT2D eigenvalue weighted by molar-refractivity contribution is 6.30. The van der Waals surface area contributed by atoms with E-state index in [1.54, 1.807) is 36.5 Å². The second-order valence-corrected chi connectivity index (χ2v) is 3.87. The zero-order valence-electron chi connectivity index (χ0n) is 9.38. The average molecular weight is 283 g/mol. The maximum absolute atomic E-state index is 9.51. The van der Waals surface area contributed by atoms with E-state index >= 15 is 0 Å². The fourth-order valence-corrected chi connectivity index (χ4v) is 1.42. The molecule has 0 aliphatic carbocycles. The van der Waals surface area contributed by atoms with E-state index in [4.69, 9.17) is 11.6 Å². The Bertz CT molecular complexity index is 527. The maximum Gasteiger partial charge on any atom is 0.124 e. The van der Waals surface area contributed by atoms with E-state index in [1.807, 2.05) is 18.2 Å². The molecule has 0 bridgehead atoms. The minimum Gasteiger partial charge on any atom is -0.507 e. The first-order valence-electron chi connectivity index (χ1n) is 5.08. The van der Waals surface area contributed by atoms with Crippen molar-refractivity contribution in [3.05, 3.63) is 59.1 Å². The molecule has 0 aliphatic rings. The number of rotatable bonds is 3. The first-order chi connectivity index (χ1) is 8.25. The van der Waals surface area contributed by atoms with Crippen molar-refractivity contribution >= 4 is 35.9 Å². The number of aromatic hydroxyl groups is 1. The number of phenolic OH excluding ortho intramolecular Hbond substituents is 1. The number of nitrogens with one attached hydrogen (secondary N) is 1. The third-order valence-electron chi connectivity index (χ3n) is 2.18. The molecule has 0 spiro atoms. The van der Waals surface area contributed by atoms with Gasteiger partial charge in [0.15, 0.2) is 0 Å². The van der Waals surface area contributed by atoms with Gasteiger partial charge in [-0.15, -0.1) is 12.4 Å². The van der Waals surface area contributed by atoms with Crippen molar-refractivity contribution in [3.8, 4) is 5.75 Å². The summed E-state index contributed by atoms with van der Waals surface area (Å²) < 4.78 is 0. The smallest absolute Gasteiger partial charge is 0.124 e. The summed E-state index contributed by atoms with van der Waals surface area (Å²) in [6.45, 7) is 0. The van der Waals surface area contributed by atoms with Crippen molar-refractivity contribution in [1.29, 1.82) is 0 Å². The molecule has 5 heteroatoms. The van der Waals surface area contributed by atoms with Crippen molar-refractivity contribution in [2.75, 3.05) is 5.43 Å². The number of halogens is 2. The van der Waals surface area contributed by atoms with E-state index in [1.165, 1.54) is 0 Å². The number of hydrazone groups is 1. The summed E-state index contributed by atoms with van der Waals surface area (Å²) in [4.78, 5) is 0. The number of para-hydroxylation sites is 1. The average Bonchev–Trinajstić information content (AvgIpc) is 2.34. The zero-order chi connectivity index (χ0) is 12.1. The molecule has 0 heterocycles. The number of anilines is 1. The molecule has 0 fully saturated rings. The second kappa shape index (κ2) is 6.89. The zero-order valence-corrected chi connectivity index (χ0v) is 10.9. The fourth-order valence-electron chi connectivity index (χ4n) is 1.30. The molecule has 0 amide bonds. The summed E-state index contributed by atoms with van der Waals surface area (Å²) in [5, 5.41) is 14.2. The number of hydrogen-bond donors (Lipinski definition) is 2. The summed E-state index contributed by atoms with van der Waals surface area (Å²) in [6.07, 6.45) is 1.56. The lowest BCUT2D eigenvalue weighted by Gasteiger charge is -2.00. The van der Waals surface area contributed by atoms with Gasteiger partial charge in [0.05, 0.1) is 11.9 Å². The van der Waals surface area contributed by atoms with Crippen molar-refractivity contribution in [1.82, 2.24) is 0 Å². The first kappa shape index (κ1) is 14.4. The van der Waals surface area contributed by atoms with Gasteiger partial charge in [0.25, 0.3) is 0 Å². The molecule has 2 N–H and O–H groups in total. The van der Waals surface area contributed by atoms with E-state index in [0.717, 1.165) is 5.69 Å². The second-order valence-electron chi connectivity index (χ2n) is 3.44. The largest absolute Gasteiger partial charge is 0.507 e. The van der Waals surface area contributed by atoms with Gasteiger partial charge in [-0.2, -0.15) is 5.10 Å². The van der Waals surface area contributed by atoms with E-state index < -0.39 is 0 Å². The third kappa shape index (κ3) is 3.95. The van der Waals surface area contributed by atoms with Crippen LogP contribution in [0.2, 0.25) is 5.02 Å². The molecule has 18 heavy (non-hydrogen) atoms. The molecule has 0 aliphatic heterocycles. The molecular formula is C13H12Cl2N2O. The van der Waals surface area contributed by atoms with Gasteiger partial charge >= 0.3 is 0 Å². The normalized spacial score (nSPS) is 10.1. The van der Waals surface area contributed by atoms with Crippen molar-refractivity contribution in [2.45, 2.75) is 0 Å². The molecule has 0 unspecified atom stereocenters. The van der Waals surface area contributed by atoms with Gasteiger partial charge in [0.2, 0.25) is 0 Å². The first-order valence-corrected chi connectivity index (χ1v) is 5.46. The lowest BCUT2D eigenvalue weighted by atomic mass is 10.2. The minimum absolute atomic E-state index is 0. The van der Waals surface area contributed by atoms with E-state index in [0.29, 0.717) is 10.6 Å². The lowest BCUT2D eigenvalue weighted by Crippen LogP contribution is -1.90. The molecule has 0 atom stereocenters. The maximum atomic E-state index is 9.51. The van der Waals surface area contributed by atoms with Crippen LogP contribution in [0, 0.1) is 0 Å². The number of benzene rings is 2. The Morgan fingerprint density at radius 2 is 1.72 bits per heavy atom. The van der Waals surface area contributed by atoms with Crippen LogP contribution >= 0.6 is 24.0 Å². The molecule has 0 aromatic heterocycles. The summed E-state index contributed by atoms with van der Waals surface area (Å²) in [6, 6.07) is 14.2. The van der Waals surface area contributed by atoms with E-state index in [2.05, 4.69) is 10.5 Å². The summed E-state index contributed by atoms with van der Waals surface area (Å²) in [5.41, 5.74) is 4.34. The molecule has 2 rings (SSSR count). The minimum atomic E-state index is 0. The molecule has 0 saturated heterocycles. The molecule has 3 nitrogen and oxygen atoms in total. The Kier molecular flexibility index (Phi) is 5.49. The Morgan fingerprint density at radius 1 is 1.06 bits per heavy atom. The topological polar surface area (TPSA) is 44.6 Å². The summed E-state index contributed by atoms with van der Waals surface area (Å²) in [7, 11) is 0. The van der Waals surface area contributed by atoms with Crippen molar-refractivity contribution < 1.29 is 5.11 Å². The van der Waals surface area contributed by atoms with Gasteiger partial charge in [0, 0.05) is 10.6 Å². The van der Waals surface area contributed by atoms with Crippen LogP contribution in [-0.4, -0.2) is 11.3 Å². The van der Waals surface area contributed by atoms with Gasteiger partial charge < -0.3 is 5.11 Å². The fraction of sp³-hybridized carbons (Fsp3) is 0. The predicted molar refractivity (Wildman–Crippen MR) is 78.0 cm³/mol. The van der Waals surface area contributed by atoms with Crippen LogP contribution in [0.25, 0.3) is 0 Å². The summed E-state index contributed by atoms with van der Waals surface area (Å²) >= 11 is 5.76. The Hall–Kier alpha value is -1.71. The number of phenols is 1. The SMILES string of the molecule is Cl.Oc1ccccc1/C=N/Nc1ccc(Cl)cc1. The number of hydrogen-bond acceptors (Lipinski definition) is 3. The van der Waals surface area contributed by atoms with Gasteiger partial charge in [-0.1, -0.05) is 23.7 Å². The van der Waals surface area contributed by atoms with Crippen molar-refractivity contribution in [2.24, 2.45) is 5.10 Å². The van der Waals surface area contributed by atoms with Gasteiger partial charge in [0.1, 0.15) is 5.75 Å². The lowest BCUT2D eigenvalue weighted by molar-refractivity contribution is 0.474. The monoisotopic (exact) mass is 282 g/mol. The number of nitrogens with zero attached hydrogens (tertiary/aromatic N) is 1. The van der Waals surface area contributed by atoms with Crippen LogP contribution < -0.4 is 5.43 Å². The molecule has 0 radical (unpaired) electrons. The molecule has 0 saturated carbocycles. The highest BCUT2D eigenvalue weighted by atomic mass is 35.5.